The van der Waals surface area contributed by atoms with Gasteiger partial charge < -0.3 is 15.1 Å². The maximum atomic E-state index is 12.9. The Kier molecular flexibility index (Phi) is 7.23. The molecule has 1 heterocycles. The minimum atomic E-state index is -0.240. The molecule has 0 saturated carbocycles. The Morgan fingerprint density at radius 1 is 0.853 bits per heavy atom. The molecular weight excluding hydrogens is 444 g/mol. The van der Waals surface area contributed by atoms with Crippen LogP contribution in [0.25, 0.3) is 0 Å². The quantitative estimate of drug-likeness (QED) is 0.552. The van der Waals surface area contributed by atoms with Crippen molar-refractivity contribution in [2.45, 2.75) is 13.8 Å². The van der Waals surface area contributed by atoms with Gasteiger partial charge in [0.1, 0.15) is 0 Å². The molecule has 0 spiro atoms. The van der Waals surface area contributed by atoms with Crippen LogP contribution in [-0.4, -0.2) is 48.0 Å². The molecule has 1 aliphatic rings. The fraction of sp³-hybridized carbons (Fsp3) is 0.222. The highest BCUT2D eigenvalue weighted by Crippen LogP contribution is 2.21. The summed E-state index contributed by atoms with van der Waals surface area (Å²) >= 11 is 5.30. The van der Waals surface area contributed by atoms with Gasteiger partial charge in [0.15, 0.2) is 5.11 Å². The predicted molar refractivity (Wildman–Crippen MR) is 141 cm³/mol. The summed E-state index contributed by atoms with van der Waals surface area (Å²) in [5, 5.41) is 6.03. The van der Waals surface area contributed by atoms with Crippen LogP contribution in [0.15, 0.2) is 72.8 Å². The fourth-order valence-electron chi connectivity index (χ4n) is 4.03. The van der Waals surface area contributed by atoms with E-state index in [9.17, 15) is 9.59 Å². The standard InChI is InChI=1S/C27H28N4O2S/c1-19-6-5-8-21(18-19)25(32)29-27(34)28-22-10-12-23(13-11-22)30-14-16-31(17-15-30)26(33)24-9-4-3-7-20(24)2/h3-13,18H,14-17H2,1-2H3,(H2,28,29,32,34). The van der Waals surface area contributed by atoms with Crippen LogP contribution in [0.3, 0.4) is 0 Å². The normalized spacial score (nSPS) is 13.4. The van der Waals surface area contributed by atoms with E-state index in [1.165, 1.54) is 0 Å². The van der Waals surface area contributed by atoms with Gasteiger partial charge in [-0.05, 0) is 74.1 Å². The number of nitrogens with zero attached hydrogens (tertiary/aromatic N) is 2. The van der Waals surface area contributed by atoms with Crippen LogP contribution in [0, 0.1) is 13.8 Å². The number of rotatable bonds is 4. The number of amides is 2. The number of carbonyl (C=O) groups is 2. The van der Waals surface area contributed by atoms with Gasteiger partial charge in [-0.25, -0.2) is 0 Å². The van der Waals surface area contributed by atoms with Gasteiger partial charge in [-0.1, -0.05) is 35.9 Å². The van der Waals surface area contributed by atoms with Gasteiger partial charge in [0, 0.05) is 48.7 Å². The molecule has 0 atom stereocenters. The monoisotopic (exact) mass is 472 g/mol. The number of thiocarbonyl (C=S) groups is 1. The van der Waals surface area contributed by atoms with E-state index < -0.39 is 0 Å². The van der Waals surface area contributed by atoms with Crippen molar-refractivity contribution in [3.05, 3.63) is 95.1 Å². The van der Waals surface area contributed by atoms with E-state index in [0.29, 0.717) is 18.7 Å². The Balaban J connectivity index is 1.29. The molecule has 0 radical (unpaired) electrons. The van der Waals surface area contributed by atoms with Gasteiger partial charge >= 0.3 is 0 Å². The van der Waals surface area contributed by atoms with Gasteiger partial charge in [-0.15, -0.1) is 0 Å². The van der Waals surface area contributed by atoms with Crippen molar-refractivity contribution in [1.29, 1.82) is 0 Å². The number of carbonyl (C=O) groups excluding carboxylic acids is 2. The lowest BCUT2D eigenvalue weighted by Crippen LogP contribution is -2.48. The summed E-state index contributed by atoms with van der Waals surface area (Å²) in [6.07, 6.45) is 0. The van der Waals surface area contributed by atoms with Crippen LogP contribution < -0.4 is 15.5 Å². The summed E-state index contributed by atoms with van der Waals surface area (Å²) in [6, 6.07) is 23.0. The van der Waals surface area contributed by atoms with Crippen LogP contribution in [0.2, 0.25) is 0 Å². The first kappa shape index (κ1) is 23.4. The maximum absolute atomic E-state index is 12.9. The third-order valence-electron chi connectivity index (χ3n) is 5.94. The molecular formula is C27H28N4O2S. The second kappa shape index (κ2) is 10.5. The van der Waals surface area contributed by atoms with E-state index in [4.69, 9.17) is 12.2 Å². The van der Waals surface area contributed by atoms with Crippen molar-refractivity contribution in [3.8, 4) is 0 Å². The average Bonchev–Trinajstić information content (AvgIpc) is 2.84. The van der Waals surface area contributed by atoms with E-state index in [1.54, 1.807) is 6.07 Å². The number of hydrogen-bond donors (Lipinski definition) is 2. The van der Waals surface area contributed by atoms with Gasteiger partial charge in [0.2, 0.25) is 0 Å². The number of hydrogen-bond acceptors (Lipinski definition) is 4. The molecule has 0 bridgehead atoms. The highest BCUT2D eigenvalue weighted by molar-refractivity contribution is 7.80. The molecule has 34 heavy (non-hydrogen) atoms. The van der Waals surface area contributed by atoms with E-state index in [1.807, 2.05) is 85.5 Å². The second-order valence-electron chi connectivity index (χ2n) is 8.42. The number of anilines is 2. The number of piperazine rings is 1. The molecule has 3 aromatic rings. The first-order valence-electron chi connectivity index (χ1n) is 11.3. The molecule has 0 aromatic heterocycles. The highest BCUT2D eigenvalue weighted by atomic mass is 32.1. The largest absolute Gasteiger partial charge is 0.368 e. The van der Waals surface area contributed by atoms with Crippen molar-refractivity contribution in [3.63, 3.8) is 0 Å². The number of nitrogens with one attached hydrogen (secondary N) is 2. The van der Waals surface area contributed by atoms with Gasteiger partial charge in [0.25, 0.3) is 11.8 Å². The predicted octanol–water partition coefficient (Wildman–Crippen LogP) is 4.39. The van der Waals surface area contributed by atoms with Crippen LogP contribution in [0.4, 0.5) is 11.4 Å². The van der Waals surface area contributed by atoms with E-state index in [0.717, 1.165) is 41.2 Å². The van der Waals surface area contributed by atoms with Crippen molar-refractivity contribution < 1.29 is 9.59 Å². The molecule has 1 fully saturated rings. The lowest BCUT2D eigenvalue weighted by atomic mass is 10.1. The Bertz CT molecular complexity index is 1200. The Hall–Kier alpha value is -3.71. The zero-order valence-corrected chi connectivity index (χ0v) is 20.2. The summed E-state index contributed by atoms with van der Waals surface area (Å²) in [5.74, 6) is -0.144. The van der Waals surface area contributed by atoms with E-state index >= 15 is 0 Å². The Morgan fingerprint density at radius 2 is 1.56 bits per heavy atom. The fourth-order valence-corrected chi connectivity index (χ4v) is 4.24. The van der Waals surface area contributed by atoms with E-state index in [-0.39, 0.29) is 16.9 Å². The van der Waals surface area contributed by atoms with Crippen LogP contribution in [0.1, 0.15) is 31.8 Å². The van der Waals surface area contributed by atoms with Crippen molar-refractivity contribution in [1.82, 2.24) is 10.2 Å². The molecule has 6 nitrogen and oxygen atoms in total. The van der Waals surface area contributed by atoms with Crippen LogP contribution in [-0.2, 0) is 0 Å². The first-order valence-corrected chi connectivity index (χ1v) is 11.7. The zero-order chi connectivity index (χ0) is 24.1. The third kappa shape index (κ3) is 5.61. The molecule has 7 heteroatoms. The molecule has 2 N–H and O–H groups in total. The summed E-state index contributed by atoms with van der Waals surface area (Å²) < 4.78 is 0. The van der Waals surface area contributed by atoms with E-state index in [2.05, 4.69) is 15.5 Å². The molecule has 174 valence electrons. The molecule has 2 amide bonds. The van der Waals surface area contributed by atoms with Crippen molar-refractivity contribution in [2.75, 3.05) is 36.4 Å². The van der Waals surface area contributed by atoms with Gasteiger partial charge in [0.05, 0.1) is 0 Å². The topological polar surface area (TPSA) is 64.7 Å². The first-order chi connectivity index (χ1) is 16.4. The van der Waals surface area contributed by atoms with Gasteiger partial charge in [-0.3, -0.25) is 14.9 Å². The molecule has 4 rings (SSSR count). The van der Waals surface area contributed by atoms with Crippen LogP contribution >= 0.6 is 12.2 Å². The summed E-state index contributed by atoms with van der Waals surface area (Å²) in [5.41, 5.74) is 5.25. The minimum Gasteiger partial charge on any atom is -0.368 e. The Labute approximate surface area is 205 Å². The lowest BCUT2D eigenvalue weighted by Gasteiger charge is -2.36. The molecule has 0 aliphatic carbocycles. The summed E-state index contributed by atoms with van der Waals surface area (Å²) in [7, 11) is 0. The summed E-state index contributed by atoms with van der Waals surface area (Å²) in [6.45, 7) is 6.82. The van der Waals surface area contributed by atoms with Gasteiger partial charge in [-0.2, -0.15) is 0 Å². The highest BCUT2D eigenvalue weighted by Gasteiger charge is 2.23. The molecule has 1 saturated heterocycles. The molecule has 3 aromatic carbocycles. The number of benzene rings is 3. The average molecular weight is 473 g/mol. The third-order valence-corrected chi connectivity index (χ3v) is 6.14. The number of aryl methyl sites for hydroxylation is 2. The Morgan fingerprint density at radius 3 is 2.24 bits per heavy atom. The maximum Gasteiger partial charge on any atom is 0.257 e. The smallest absolute Gasteiger partial charge is 0.257 e. The summed E-state index contributed by atoms with van der Waals surface area (Å²) in [4.78, 5) is 29.4. The molecule has 1 aliphatic heterocycles. The molecule has 0 unspecified atom stereocenters. The SMILES string of the molecule is Cc1cccc(C(=O)NC(=S)Nc2ccc(N3CCN(C(=O)c4ccccc4C)CC3)cc2)c1. The minimum absolute atomic E-state index is 0.0959. The lowest BCUT2D eigenvalue weighted by molar-refractivity contribution is 0.0746. The second-order valence-corrected chi connectivity index (χ2v) is 8.83. The zero-order valence-electron chi connectivity index (χ0n) is 19.4. The van der Waals surface area contributed by atoms with Crippen LogP contribution in [0.5, 0.6) is 0 Å². The van der Waals surface area contributed by atoms with Crippen molar-refractivity contribution >= 4 is 40.5 Å². The van der Waals surface area contributed by atoms with Crippen molar-refractivity contribution in [2.24, 2.45) is 0 Å².